The topological polar surface area (TPSA) is 58.4 Å². The lowest BCUT2D eigenvalue weighted by atomic mass is 9.95. The van der Waals surface area contributed by atoms with Crippen molar-refractivity contribution in [1.82, 2.24) is 19.6 Å². The Labute approximate surface area is 176 Å². The largest absolute Gasteiger partial charge is 0.342 e. The molecule has 2 aromatic rings. The quantitative estimate of drug-likeness (QED) is 0.769. The highest BCUT2D eigenvalue weighted by Crippen LogP contribution is 2.24. The van der Waals surface area contributed by atoms with E-state index in [2.05, 4.69) is 5.10 Å². The van der Waals surface area contributed by atoms with Crippen molar-refractivity contribution in [2.45, 2.75) is 39.0 Å². The van der Waals surface area contributed by atoms with Crippen LogP contribution in [0.3, 0.4) is 0 Å². The van der Waals surface area contributed by atoms with Crippen LogP contribution in [0.4, 0.5) is 0 Å². The molecule has 1 aromatic heterocycles. The summed E-state index contributed by atoms with van der Waals surface area (Å²) in [6.07, 6.45) is 6.72. The fourth-order valence-corrected chi connectivity index (χ4v) is 4.58. The highest BCUT2D eigenvalue weighted by atomic mass is 35.5. The molecule has 7 heteroatoms. The molecule has 0 aliphatic carbocycles. The second-order valence-electron chi connectivity index (χ2n) is 8.01. The summed E-state index contributed by atoms with van der Waals surface area (Å²) in [7, 11) is 0. The Morgan fingerprint density at radius 3 is 2.59 bits per heavy atom. The molecule has 6 nitrogen and oxygen atoms in total. The molecular weight excluding hydrogens is 388 g/mol. The molecule has 2 aliphatic heterocycles. The fraction of sp³-hybridized carbons (Fsp3) is 0.500. The van der Waals surface area contributed by atoms with E-state index in [9.17, 15) is 9.59 Å². The molecule has 3 heterocycles. The van der Waals surface area contributed by atoms with E-state index in [-0.39, 0.29) is 17.7 Å². The van der Waals surface area contributed by atoms with Crippen LogP contribution in [0.25, 0.3) is 5.69 Å². The molecule has 0 spiro atoms. The van der Waals surface area contributed by atoms with Crippen LogP contribution in [0.1, 0.15) is 48.2 Å². The zero-order chi connectivity index (χ0) is 20.4. The van der Waals surface area contributed by atoms with Crippen molar-refractivity contribution in [2.24, 2.45) is 5.92 Å². The van der Waals surface area contributed by atoms with Crippen molar-refractivity contribution in [1.29, 1.82) is 0 Å². The summed E-state index contributed by atoms with van der Waals surface area (Å²) >= 11 is 6.10. The number of nitrogens with zero attached hydrogens (tertiary/aromatic N) is 4. The second kappa shape index (κ2) is 8.57. The van der Waals surface area contributed by atoms with Gasteiger partial charge in [0.25, 0.3) is 5.91 Å². The average molecular weight is 415 g/mol. The van der Waals surface area contributed by atoms with Gasteiger partial charge >= 0.3 is 0 Å². The molecule has 2 fully saturated rings. The number of rotatable bonds is 3. The molecule has 2 amide bonds. The maximum absolute atomic E-state index is 13.2. The number of benzene rings is 1. The van der Waals surface area contributed by atoms with E-state index in [1.807, 2.05) is 41.0 Å². The summed E-state index contributed by atoms with van der Waals surface area (Å²) in [4.78, 5) is 29.9. The first-order valence-corrected chi connectivity index (χ1v) is 10.8. The number of carbonyl (C=O) groups is 2. The highest BCUT2D eigenvalue weighted by molar-refractivity contribution is 6.30. The molecule has 154 valence electrons. The first-order chi connectivity index (χ1) is 14.0. The van der Waals surface area contributed by atoms with E-state index >= 15 is 0 Å². The van der Waals surface area contributed by atoms with Gasteiger partial charge in [-0.2, -0.15) is 5.10 Å². The second-order valence-corrected chi connectivity index (χ2v) is 8.45. The van der Waals surface area contributed by atoms with E-state index in [1.165, 1.54) is 6.42 Å². The number of carbonyl (C=O) groups excluding carboxylic acids is 2. The Hall–Kier alpha value is -2.34. The van der Waals surface area contributed by atoms with E-state index in [0.717, 1.165) is 50.2 Å². The van der Waals surface area contributed by atoms with Gasteiger partial charge in [-0.25, -0.2) is 4.68 Å². The lowest BCUT2D eigenvalue weighted by Crippen LogP contribution is -2.48. The lowest BCUT2D eigenvalue weighted by molar-refractivity contribution is -0.137. The standard InChI is InChI=1S/C22H27ClN4O2/c1-16-20(14-24-27(16)19-9-5-8-18(23)13-19)22(29)26-12-6-7-17(15-26)21(28)25-10-3-2-4-11-25/h5,8-9,13-14,17H,2-4,6-7,10-12,15H2,1H3. The molecular formula is C22H27ClN4O2. The Bertz CT molecular complexity index is 904. The van der Waals surface area contributed by atoms with E-state index < -0.39 is 0 Å². The molecule has 1 atom stereocenters. The molecule has 0 bridgehead atoms. The third-order valence-electron chi connectivity index (χ3n) is 6.02. The normalized spacial score (nSPS) is 20.0. The van der Waals surface area contributed by atoms with Gasteiger partial charge in [0.05, 0.1) is 29.1 Å². The molecule has 0 N–H and O–H groups in total. The summed E-state index contributed by atoms with van der Waals surface area (Å²) < 4.78 is 1.74. The Balaban J connectivity index is 1.48. The predicted octanol–water partition coefficient (Wildman–Crippen LogP) is 3.70. The lowest BCUT2D eigenvalue weighted by Gasteiger charge is -2.36. The van der Waals surface area contributed by atoms with Crippen LogP contribution in [-0.4, -0.2) is 57.6 Å². The zero-order valence-electron chi connectivity index (χ0n) is 16.8. The molecule has 0 saturated carbocycles. The molecule has 29 heavy (non-hydrogen) atoms. The third-order valence-corrected chi connectivity index (χ3v) is 6.25. The fourth-order valence-electron chi connectivity index (χ4n) is 4.39. The van der Waals surface area contributed by atoms with Gasteiger partial charge in [0.2, 0.25) is 5.91 Å². The maximum Gasteiger partial charge on any atom is 0.257 e. The van der Waals surface area contributed by atoms with Crippen LogP contribution in [0.15, 0.2) is 30.5 Å². The zero-order valence-corrected chi connectivity index (χ0v) is 17.6. The minimum absolute atomic E-state index is 0.0491. The number of hydrogen-bond donors (Lipinski definition) is 0. The number of piperidine rings is 2. The van der Waals surface area contributed by atoms with Crippen molar-refractivity contribution in [2.75, 3.05) is 26.2 Å². The van der Waals surface area contributed by atoms with Crippen molar-refractivity contribution in [3.05, 3.63) is 46.7 Å². The Kier molecular flexibility index (Phi) is 5.90. The van der Waals surface area contributed by atoms with Gasteiger partial charge in [-0.05, 0) is 57.2 Å². The summed E-state index contributed by atoms with van der Waals surface area (Å²) in [5.41, 5.74) is 2.18. The van der Waals surface area contributed by atoms with Crippen LogP contribution >= 0.6 is 11.6 Å². The van der Waals surface area contributed by atoms with Crippen molar-refractivity contribution in [3.8, 4) is 5.69 Å². The molecule has 2 saturated heterocycles. The van der Waals surface area contributed by atoms with Crippen molar-refractivity contribution < 1.29 is 9.59 Å². The van der Waals surface area contributed by atoms with Crippen LogP contribution in [0.5, 0.6) is 0 Å². The molecule has 1 unspecified atom stereocenters. The SMILES string of the molecule is Cc1c(C(=O)N2CCCC(C(=O)N3CCCCC3)C2)cnn1-c1cccc(Cl)c1. The first-order valence-electron chi connectivity index (χ1n) is 10.4. The summed E-state index contributed by atoms with van der Waals surface area (Å²) in [6.45, 7) is 4.78. The predicted molar refractivity (Wildman–Crippen MR) is 112 cm³/mol. The van der Waals surface area contributed by atoms with Gasteiger partial charge in [0.1, 0.15) is 0 Å². The average Bonchev–Trinajstić information content (AvgIpc) is 3.14. The van der Waals surface area contributed by atoms with Gasteiger partial charge in [0, 0.05) is 31.2 Å². The number of halogens is 1. The van der Waals surface area contributed by atoms with Gasteiger partial charge in [0.15, 0.2) is 0 Å². The van der Waals surface area contributed by atoms with Crippen LogP contribution in [0.2, 0.25) is 5.02 Å². The van der Waals surface area contributed by atoms with Crippen LogP contribution in [-0.2, 0) is 4.79 Å². The molecule has 0 radical (unpaired) electrons. The molecule has 2 aliphatic rings. The smallest absolute Gasteiger partial charge is 0.257 e. The number of hydrogen-bond acceptors (Lipinski definition) is 3. The maximum atomic E-state index is 13.2. The Morgan fingerprint density at radius 1 is 1.07 bits per heavy atom. The highest BCUT2D eigenvalue weighted by Gasteiger charge is 2.33. The summed E-state index contributed by atoms with van der Waals surface area (Å²) in [5.74, 6) is 0.0783. The van der Waals surface area contributed by atoms with Gasteiger partial charge in [-0.15, -0.1) is 0 Å². The minimum Gasteiger partial charge on any atom is -0.342 e. The summed E-state index contributed by atoms with van der Waals surface area (Å²) in [5, 5.41) is 5.03. The Morgan fingerprint density at radius 2 is 1.83 bits per heavy atom. The van der Waals surface area contributed by atoms with Gasteiger partial charge in [-0.1, -0.05) is 17.7 Å². The van der Waals surface area contributed by atoms with E-state index in [0.29, 0.717) is 23.7 Å². The number of likely N-dealkylation sites (tertiary alicyclic amines) is 2. The molecule has 4 rings (SSSR count). The van der Waals surface area contributed by atoms with Crippen LogP contribution < -0.4 is 0 Å². The number of aromatic nitrogens is 2. The van der Waals surface area contributed by atoms with Gasteiger partial charge in [-0.3, -0.25) is 9.59 Å². The minimum atomic E-state index is -0.0888. The monoisotopic (exact) mass is 414 g/mol. The first kappa shape index (κ1) is 20.0. The number of amides is 2. The van der Waals surface area contributed by atoms with E-state index in [4.69, 9.17) is 11.6 Å². The van der Waals surface area contributed by atoms with Crippen LogP contribution in [0, 0.1) is 12.8 Å². The van der Waals surface area contributed by atoms with Crippen molar-refractivity contribution in [3.63, 3.8) is 0 Å². The van der Waals surface area contributed by atoms with E-state index in [1.54, 1.807) is 10.9 Å². The van der Waals surface area contributed by atoms with Gasteiger partial charge < -0.3 is 9.80 Å². The summed E-state index contributed by atoms with van der Waals surface area (Å²) in [6, 6.07) is 7.41. The van der Waals surface area contributed by atoms with Crippen molar-refractivity contribution >= 4 is 23.4 Å². The third kappa shape index (κ3) is 4.17. The molecule has 1 aromatic carbocycles.